The monoisotopic (exact) mass is 352 g/mol. The fourth-order valence-corrected chi connectivity index (χ4v) is 3.97. The van der Waals surface area contributed by atoms with E-state index in [4.69, 9.17) is 5.73 Å². The van der Waals surface area contributed by atoms with Gasteiger partial charge in [-0.1, -0.05) is 39.5 Å². The van der Waals surface area contributed by atoms with Crippen LogP contribution < -0.4 is 16.4 Å². The molecule has 0 spiro atoms. The molecule has 1 aliphatic carbocycles. The molecule has 1 aromatic heterocycles. The van der Waals surface area contributed by atoms with Gasteiger partial charge in [-0.2, -0.15) is 0 Å². The second-order valence-electron chi connectivity index (χ2n) is 6.81. The average Bonchev–Trinajstić information content (AvgIpc) is 2.86. The number of aromatic nitrogens is 1. The summed E-state index contributed by atoms with van der Waals surface area (Å²) in [7, 11) is 0. The standard InChI is InChI=1S/C17H28N4O2S/c1-12(2)13-11-24-14(20-13)7-10-19-16(23)21-17(15(18)22)8-5-3-4-6-9-17/h11-12H,3-10H2,1-2H3,(H2,18,22)(H2,19,21,23). The maximum atomic E-state index is 12.2. The van der Waals surface area contributed by atoms with E-state index in [-0.39, 0.29) is 6.03 Å². The normalized spacial score (nSPS) is 17.3. The van der Waals surface area contributed by atoms with Gasteiger partial charge in [0.25, 0.3) is 0 Å². The van der Waals surface area contributed by atoms with Crippen molar-refractivity contribution < 1.29 is 9.59 Å². The SMILES string of the molecule is CC(C)c1csc(CCNC(=O)NC2(C(N)=O)CCCCCC2)n1. The Morgan fingerprint density at radius 2 is 1.96 bits per heavy atom. The molecule has 0 unspecified atom stereocenters. The van der Waals surface area contributed by atoms with Crippen molar-refractivity contribution in [3.05, 3.63) is 16.1 Å². The summed E-state index contributed by atoms with van der Waals surface area (Å²) in [5.74, 6) is -0.0158. The van der Waals surface area contributed by atoms with E-state index in [1.165, 1.54) is 0 Å². The molecule has 0 aliphatic heterocycles. The molecule has 3 amide bonds. The molecule has 0 saturated heterocycles. The van der Waals surface area contributed by atoms with Gasteiger partial charge in [0.15, 0.2) is 0 Å². The Labute approximate surface area is 147 Å². The van der Waals surface area contributed by atoms with Crippen LogP contribution in [-0.4, -0.2) is 29.0 Å². The first-order valence-corrected chi connectivity index (χ1v) is 9.61. The molecule has 1 saturated carbocycles. The first-order chi connectivity index (χ1) is 11.4. The van der Waals surface area contributed by atoms with Crippen LogP contribution in [0, 0.1) is 0 Å². The van der Waals surface area contributed by atoms with Crippen LogP contribution in [0.1, 0.15) is 69.0 Å². The summed E-state index contributed by atoms with van der Waals surface area (Å²) in [4.78, 5) is 28.6. The first-order valence-electron chi connectivity index (χ1n) is 8.73. The lowest BCUT2D eigenvalue weighted by Crippen LogP contribution is -2.59. The van der Waals surface area contributed by atoms with Crippen LogP contribution in [0.5, 0.6) is 0 Å². The minimum atomic E-state index is -0.896. The minimum absolute atomic E-state index is 0.323. The maximum Gasteiger partial charge on any atom is 0.315 e. The van der Waals surface area contributed by atoms with Crippen molar-refractivity contribution in [3.8, 4) is 0 Å². The molecule has 0 atom stereocenters. The summed E-state index contributed by atoms with van der Waals surface area (Å²) in [5, 5.41) is 8.74. The molecule has 134 valence electrons. The van der Waals surface area contributed by atoms with Crippen molar-refractivity contribution in [2.24, 2.45) is 5.73 Å². The van der Waals surface area contributed by atoms with Gasteiger partial charge in [-0.3, -0.25) is 4.79 Å². The fourth-order valence-electron chi connectivity index (χ4n) is 3.01. The highest BCUT2D eigenvalue weighted by Crippen LogP contribution is 2.27. The zero-order chi connectivity index (χ0) is 17.6. The quantitative estimate of drug-likeness (QED) is 0.687. The molecular weight excluding hydrogens is 324 g/mol. The molecule has 4 N–H and O–H groups in total. The smallest absolute Gasteiger partial charge is 0.315 e. The van der Waals surface area contributed by atoms with E-state index < -0.39 is 11.4 Å². The summed E-state index contributed by atoms with van der Waals surface area (Å²) in [5.41, 5.74) is 5.77. The van der Waals surface area contributed by atoms with Gasteiger partial charge in [-0.15, -0.1) is 11.3 Å². The first kappa shape index (κ1) is 18.7. The zero-order valence-corrected chi connectivity index (χ0v) is 15.4. The third-order valence-corrected chi connectivity index (χ3v) is 5.49. The van der Waals surface area contributed by atoms with Gasteiger partial charge in [-0.05, 0) is 18.8 Å². The van der Waals surface area contributed by atoms with Gasteiger partial charge >= 0.3 is 6.03 Å². The van der Waals surface area contributed by atoms with Crippen molar-refractivity contribution in [1.82, 2.24) is 15.6 Å². The van der Waals surface area contributed by atoms with E-state index in [1.54, 1.807) is 11.3 Å². The number of hydrogen-bond donors (Lipinski definition) is 3. The number of hydrogen-bond acceptors (Lipinski definition) is 4. The van der Waals surface area contributed by atoms with Crippen molar-refractivity contribution in [1.29, 1.82) is 0 Å². The molecule has 2 rings (SSSR count). The van der Waals surface area contributed by atoms with Crippen molar-refractivity contribution in [3.63, 3.8) is 0 Å². The average molecular weight is 353 g/mol. The Balaban J connectivity index is 1.83. The lowest BCUT2D eigenvalue weighted by molar-refractivity contribution is -0.124. The molecule has 6 nitrogen and oxygen atoms in total. The van der Waals surface area contributed by atoms with E-state index in [2.05, 4.69) is 34.8 Å². The molecule has 24 heavy (non-hydrogen) atoms. The van der Waals surface area contributed by atoms with Crippen molar-refractivity contribution in [2.45, 2.75) is 70.3 Å². The maximum absolute atomic E-state index is 12.2. The molecule has 1 aliphatic rings. The summed E-state index contributed by atoms with van der Waals surface area (Å²) in [6, 6.07) is -0.323. The van der Waals surface area contributed by atoms with Crippen LogP contribution in [0.25, 0.3) is 0 Å². The second-order valence-corrected chi connectivity index (χ2v) is 7.75. The molecular formula is C17H28N4O2S. The predicted octanol–water partition coefficient (Wildman–Crippen LogP) is 2.69. The zero-order valence-electron chi connectivity index (χ0n) is 14.6. The van der Waals surface area contributed by atoms with Crippen molar-refractivity contribution in [2.75, 3.05) is 6.54 Å². The Morgan fingerprint density at radius 3 is 2.50 bits per heavy atom. The van der Waals surface area contributed by atoms with Crippen LogP contribution in [0.2, 0.25) is 0 Å². The number of primary amides is 1. The summed E-state index contributed by atoms with van der Waals surface area (Å²) in [6.45, 7) is 4.72. The van der Waals surface area contributed by atoms with Gasteiger partial charge in [0.1, 0.15) is 5.54 Å². The third-order valence-electron chi connectivity index (χ3n) is 4.57. The summed E-state index contributed by atoms with van der Waals surface area (Å²) in [6.07, 6.45) is 5.94. The number of amides is 3. The largest absolute Gasteiger partial charge is 0.368 e. The number of carbonyl (C=O) groups is 2. The highest BCUT2D eigenvalue weighted by Gasteiger charge is 2.38. The number of thiazole rings is 1. The van der Waals surface area contributed by atoms with Crippen LogP contribution in [-0.2, 0) is 11.2 Å². The number of nitrogens with zero attached hydrogens (tertiary/aromatic N) is 1. The topological polar surface area (TPSA) is 97.1 Å². The fraction of sp³-hybridized carbons (Fsp3) is 0.706. The Hall–Kier alpha value is -1.63. The van der Waals surface area contributed by atoms with Crippen LogP contribution in [0.3, 0.4) is 0 Å². The molecule has 0 radical (unpaired) electrons. The molecule has 1 aromatic rings. The summed E-state index contributed by atoms with van der Waals surface area (Å²) >= 11 is 1.62. The van der Waals surface area contributed by atoms with Gasteiger partial charge in [0, 0.05) is 18.3 Å². The van der Waals surface area contributed by atoms with Gasteiger partial charge in [0.2, 0.25) is 5.91 Å². The van der Waals surface area contributed by atoms with Gasteiger partial charge in [0.05, 0.1) is 10.7 Å². The lowest BCUT2D eigenvalue weighted by Gasteiger charge is -2.30. The van der Waals surface area contributed by atoms with E-state index in [0.717, 1.165) is 36.4 Å². The highest BCUT2D eigenvalue weighted by molar-refractivity contribution is 7.09. The van der Waals surface area contributed by atoms with Crippen LogP contribution in [0.15, 0.2) is 5.38 Å². The molecule has 7 heteroatoms. The van der Waals surface area contributed by atoms with E-state index >= 15 is 0 Å². The van der Waals surface area contributed by atoms with Crippen LogP contribution >= 0.6 is 11.3 Å². The molecule has 0 bridgehead atoms. The minimum Gasteiger partial charge on any atom is -0.368 e. The third kappa shape index (κ3) is 4.93. The Kier molecular flexibility index (Phi) is 6.60. The second kappa shape index (κ2) is 8.46. The Bertz CT molecular complexity index is 563. The van der Waals surface area contributed by atoms with Gasteiger partial charge < -0.3 is 16.4 Å². The molecule has 0 aromatic carbocycles. The Morgan fingerprint density at radius 1 is 1.29 bits per heavy atom. The van der Waals surface area contributed by atoms with E-state index in [9.17, 15) is 9.59 Å². The molecule has 1 fully saturated rings. The number of urea groups is 1. The lowest BCUT2D eigenvalue weighted by atomic mass is 9.89. The van der Waals surface area contributed by atoms with E-state index in [0.29, 0.717) is 31.7 Å². The number of rotatable bonds is 6. The van der Waals surface area contributed by atoms with Crippen molar-refractivity contribution >= 4 is 23.3 Å². The number of nitrogens with one attached hydrogen (secondary N) is 2. The van der Waals surface area contributed by atoms with E-state index in [1.807, 2.05) is 0 Å². The van der Waals surface area contributed by atoms with Crippen LogP contribution in [0.4, 0.5) is 4.79 Å². The number of nitrogens with two attached hydrogens (primary N) is 1. The molecule has 1 heterocycles. The highest BCUT2D eigenvalue weighted by atomic mass is 32.1. The number of carbonyl (C=O) groups excluding carboxylic acids is 2. The predicted molar refractivity (Wildman–Crippen MR) is 96.1 cm³/mol. The summed E-state index contributed by atoms with van der Waals surface area (Å²) < 4.78 is 0. The van der Waals surface area contributed by atoms with Gasteiger partial charge in [-0.25, -0.2) is 9.78 Å².